The fraction of sp³-hybridized carbons (Fsp3) is 0.286. The molecule has 1 heterocycles. The lowest BCUT2D eigenvalue weighted by molar-refractivity contribution is 0.141. The van der Waals surface area contributed by atoms with E-state index in [0.29, 0.717) is 23.2 Å². The summed E-state index contributed by atoms with van der Waals surface area (Å²) in [7, 11) is 0. The maximum absolute atomic E-state index is 5.84. The Morgan fingerprint density at radius 1 is 1.50 bits per heavy atom. The highest BCUT2D eigenvalue weighted by molar-refractivity contribution is 6.34. The molecular formula is C7H8Cl2N2O. The Morgan fingerprint density at radius 3 is 2.83 bits per heavy atom. The Morgan fingerprint density at radius 2 is 2.25 bits per heavy atom. The highest BCUT2D eigenvalue weighted by Crippen LogP contribution is 2.18. The van der Waals surface area contributed by atoms with Gasteiger partial charge in [-0.25, -0.2) is 10.9 Å². The number of hydrogen-bond donors (Lipinski definition) is 1. The maximum Gasteiger partial charge on any atom is 0.130 e. The summed E-state index contributed by atoms with van der Waals surface area (Å²) in [5, 5.41) is 0.976. The summed E-state index contributed by atoms with van der Waals surface area (Å²) < 4.78 is 0. The van der Waals surface area contributed by atoms with Gasteiger partial charge >= 0.3 is 0 Å². The van der Waals surface area contributed by atoms with Gasteiger partial charge < -0.3 is 4.84 Å². The second-order valence-electron chi connectivity index (χ2n) is 2.22. The van der Waals surface area contributed by atoms with Crippen molar-refractivity contribution in [2.75, 3.05) is 6.61 Å². The molecule has 0 radical (unpaired) electrons. The van der Waals surface area contributed by atoms with Crippen LogP contribution in [0.4, 0.5) is 0 Å². The largest absolute Gasteiger partial charge is 0.304 e. The van der Waals surface area contributed by atoms with Crippen LogP contribution in [0.3, 0.4) is 0 Å². The number of nitrogens with zero attached hydrogens (tertiary/aromatic N) is 1. The molecule has 2 N–H and O–H groups in total. The van der Waals surface area contributed by atoms with Crippen molar-refractivity contribution in [3.8, 4) is 0 Å². The molecule has 5 heteroatoms. The quantitative estimate of drug-likeness (QED) is 0.607. The van der Waals surface area contributed by atoms with E-state index >= 15 is 0 Å². The van der Waals surface area contributed by atoms with E-state index in [1.54, 1.807) is 12.3 Å². The van der Waals surface area contributed by atoms with Gasteiger partial charge in [-0.15, -0.1) is 0 Å². The van der Waals surface area contributed by atoms with Crippen LogP contribution >= 0.6 is 23.2 Å². The van der Waals surface area contributed by atoms with E-state index in [1.807, 2.05) is 0 Å². The third-order valence-corrected chi connectivity index (χ3v) is 1.94. The summed E-state index contributed by atoms with van der Waals surface area (Å²) >= 11 is 11.4. The zero-order chi connectivity index (χ0) is 8.97. The van der Waals surface area contributed by atoms with E-state index in [1.165, 1.54) is 0 Å². The first kappa shape index (κ1) is 9.74. The minimum Gasteiger partial charge on any atom is -0.304 e. The highest BCUT2D eigenvalue weighted by Gasteiger charge is 2.01. The minimum atomic E-state index is 0.386. The molecule has 0 saturated heterocycles. The van der Waals surface area contributed by atoms with Crippen molar-refractivity contribution in [1.82, 2.24) is 4.98 Å². The molecule has 1 rings (SSSR count). The molecule has 12 heavy (non-hydrogen) atoms. The van der Waals surface area contributed by atoms with Crippen LogP contribution in [0.15, 0.2) is 12.3 Å². The number of hydrogen-bond acceptors (Lipinski definition) is 3. The molecule has 1 aromatic heterocycles. The van der Waals surface area contributed by atoms with E-state index in [2.05, 4.69) is 9.82 Å². The average Bonchev–Trinajstić information content (AvgIpc) is 2.03. The molecule has 0 spiro atoms. The maximum atomic E-state index is 5.84. The molecule has 66 valence electrons. The molecule has 0 amide bonds. The zero-order valence-electron chi connectivity index (χ0n) is 6.26. The van der Waals surface area contributed by atoms with Gasteiger partial charge in [-0.2, -0.15) is 0 Å². The molecule has 0 aliphatic rings. The van der Waals surface area contributed by atoms with Gasteiger partial charge in [0.15, 0.2) is 0 Å². The lowest BCUT2D eigenvalue weighted by Crippen LogP contribution is -2.04. The first-order valence-corrected chi connectivity index (χ1v) is 4.11. The van der Waals surface area contributed by atoms with E-state index in [9.17, 15) is 0 Å². The standard InChI is InChI=1S/C7H8Cl2N2O/c8-6-3-7(9)11-4-5(6)1-2-12-10/h3-4H,1-2,10H2. The van der Waals surface area contributed by atoms with Crippen LogP contribution in [0, 0.1) is 0 Å². The van der Waals surface area contributed by atoms with E-state index in [-0.39, 0.29) is 0 Å². The molecule has 0 atom stereocenters. The molecule has 3 nitrogen and oxygen atoms in total. The second-order valence-corrected chi connectivity index (χ2v) is 3.01. The molecule has 0 unspecified atom stereocenters. The summed E-state index contributed by atoms with van der Waals surface area (Å²) in [6.07, 6.45) is 2.25. The normalized spacial score (nSPS) is 10.2. The number of rotatable bonds is 3. The zero-order valence-corrected chi connectivity index (χ0v) is 7.77. The summed E-state index contributed by atoms with van der Waals surface area (Å²) in [4.78, 5) is 8.29. The fourth-order valence-electron chi connectivity index (χ4n) is 0.789. The van der Waals surface area contributed by atoms with E-state index < -0.39 is 0 Å². The van der Waals surface area contributed by atoms with Gasteiger partial charge in [0.2, 0.25) is 0 Å². The van der Waals surface area contributed by atoms with Gasteiger partial charge in [0, 0.05) is 17.6 Å². The smallest absolute Gasteiger partial charge is 0.130 e. The SMILES string of the molecule is NOCCc1cnc(Cl)cc1Cl. The van der Waals surface area contributed by atoms with Crippen LogP contribution in [-0.2, 0) is 11.3 Å². The van der Waals surface area contributed by atoms with Crippen LogP contribution < -0.4 is 5.90 Å². The molecule has 0 aliphatic heterocycles. The fourth-order valence-corrected chi connectivity index (χ4v) is 1.25. The monoisotopic (exact) mass is 206 g/mol. The Bertz CT molecular complexity index is 268. The number of pyridine rings is 1. The Hall–Kier alpha value is -0.350. The lowest BCUT2D eigenvalue weighted by Gasteiger charge is -2.01. The Balaban J connectivity index is 2.72. The van der Waals surface area contributed by atoms with Crippen LogP contribution in [0.1, 0.15) is 5.56 Å². The van der Waals surface area contributed by atoms with Crippen LogP contribution in [0.5, 0.6) is 0 Å². The van der Waals surface area contributed by atoms with Gasteiger partial charge in [0.1, 0.15) is 5.15 Å². The van der Waals surface area contributed by atoms with Crippen LogP contribution in [0.2, 0.25) is 10.2 Å². The van der Waals surface area contributed by atoms with E-state index in [4.69, 9.17) is 29.1 Å². The number of halogens is 2. The van der Waals surface area contributed by atoms with Crippen molar-refractivity contribution < 1.29 is 4.84 Å². The average molecular weight is 207 g/mol. The third kappa shape index (κ3) is 2.60. The molecule has 0 bridgehead atoms. The first-order chi connectivity index (χ1) is 5.74. The Kier molecular flexibility index (Phi) is 3.75. The lowest BCUT2D eigenvalue weighted by atomic mass is 10.2. The van der Waals surface area contributed by atoms with Crippen molar-refractivity contribution in [1.29, 1.82) is 0 Å². The summed E-state index contributed by atoms with van der Waals surface area (Å²) in [6, 6.07) is 1.59. The summed E-state index contributed by atoms with van der Waals surface area (Å²) in [5.41, 5.74) is 0.881. The van der Waals surface area contributed by atoms with Gasteiger partial charge in [-0.05, 0) is 11.6 Å². The molecular weight excluding hydrogens is 199 g/mol. The van der Waals surface area contributed by atoms with Crippen LogP contribution in [-0.4, -0.2) is 11.6 Å². The van der Waals surface area contributed by atoms with Crippen molar-refractivity contribution in [3.63, 3.8) is 0 Å². The summed E-state index contributed by atoms with van der Waals surface area (Å²) in [6.45, 7) is 0.420. The molecule has 1 aromatic rings. The Labute approximate surface area is 80.4 Å². The number of aromatic nitrogens is 1. The van der Waals surface area contributed by atoms with Crippen molar-refractivity contribution >= 4 is 23.2 Å². The second kappa shape index (κ2) is 4.62. The molecule has 0 saturated carbocycles. The molecule has 0 aliphatic carbocycles. The predicted octanol–water partition coefficient (Wildman–Crippen LogP) is 1.82. The molecule has 0 aromatic carbocycles. The van der Waals surface area contributed by atoms with Crippen molar-refractivity contribution in [2.45, 2.75) is 6.42 Å². The van der Waals surface area contributed by atoms with Crippen molar-refractivity contribution in [3.05, 3.63) is 28.0 Å². The first-order valence-electron chi connectivity index (χ1n) is 3.35. The van der Waals surface area contributed by atoms with Crippen molar-refractivity contribution in [2.24, 2.45) is 5.90 Å². The van der Waals surface area contributed by atoms with E-state index in [0.717, 1.165) is 5.56 Å². The van der Waals surface area contributed by atoms with Gasteiger partial charge in [0.25, 0.3) is 0 Å². The minimum absolute atomic E-state index is 0.386. The third-order valence-electron chi connectivity index (χ3n) is 1.39. The van der Waals surface area contributed by atoms with Crippen LogP contribution in [0.25, 0.3) is 0 Å². The molecule has 0 fully saturated rings. The highest BCUT2D eigenvalue weighted by atomic mass is 35.5. The van der Waals surface area contributed by atoms with Gasteiger partial charge in [0.05, 0.1) is 6.61 Å². The van der Waals surface area contributed by atoms with Gasteiger partial charge in [-0.1, -0.05) is 23.2 Å². The number of nitrogens with two attached hydrogens (primary N) is 1. The van der Waals surface area contributed by atoms with Gasteiger partial charge in [-0.3, -0.25) is 0 Å². The summed E-state index contributed by atoms with van der Waals surface area (Å²) in [5.74, 6) is 4.87. The predicted molar refractivity (Wildman–Crippen MR) is 48.1 cm³/mol. The topological polar surface area (TPSA) is 48.1 Å².